The molecule has 0 aliphatic heterocycles. The average Bonchev–Trinajstić information content (AvgIpc) is 2.86. The van der Waals surface area contributed by atoms with Crippen LogP contribution in [0.5, 0.6) is 0 Å². The van der Waals surface area contributed by atoms with Crippen LogP contribution in [0.25, 0.3) is 0 Å². The van der Waals surface area contributed by atoms with Crippen LogP contribution in [0, 0.1) is 6.92 Å². The van der Waals surface area contributed by atoms with E-state index in [1.165, 1.54) is 10.5 Å². The zero-order valence-corrected chi connectivity index (χ0v) is 10.4. The third-order valence-electron chi connectivity index (χ3n) is 3.28. The van der Waals surface area contributed by atoms with Crippen molar-refractivity contribution in [3.63, 3.8) is 0 Å². The molecule has 1 aromatic rings. The molecule has 5 nitrogen and oxygen atoms in total. The number of sulfonamides is 1. The van der Waals surface area contributed by atoms with Gasteiger partial charge in [-0.15, -0.1) is 0 Å². The largest absolute Gasteiger partial charge is 0.281 e. The Morgan fingerprint density at radius 1 is 1.44 bits per heavy atom. The molecule has 1 saturated carbocycles. The molecule has 90 valence electrons. The Bertz CT molecular complexity index is 460. The minimum absolute atomic E-state index is 0.152. The van der Waals surface area contributed by atoms with Gasteiger partial charge in [-0.25, -0.2) is 8.42 Å². The number of hydrogen-bond donors (Lipinski definition) is 1. The summed E-state index contributed by atoms with van der Waals surface area (Å²) in [5.74, 6) is 0. The number of aromatic amines is 1. The molecule has 0 spiro atoms. The number of aromatic nitrogens is 2. The van der Waals surface area contributed by atoms with Gasteiger partial charge in [0.15, 0.2) is 0 Å². The highest BCUT2D eigenvalue weighted by Gasteiger charge is 2.31. The number of nitrogens with one attached hydrogen (secondary N) is 1. The molecule has 0 amide bonds. The van der Waals surface area contributed by atoms with E-state index in [0.717, 1.165) is 25.7 Å². The minimum atomic E-state index is -3.37. The third-order valence-corrected chi connectivity index (χ3v) is 5.30. The van der Waals surface area contributed by atoms with Gasteiger partial charge in [0.1, 0.15) is 4.90 Å². The Labute approximate surface area is 95.9 Å². The molecule has 1 aliphatic rings. The molecular formula is C10H17N3O2S. The molecule has 0 unspecified atom stereocenters. The lowest BCUT2D eigenvalue weighted by Gasteiger charge is -2.23. The van der Waals surface area contributed by atoms with Gasteiger partial charge in [-0.2, -0.15) is 9.40 Å². The fourth-order valence-corrected chi connectivity index (χ4v) is 3.75. The fourth-order valence-electron chi connectivity index (χ4n) is 2.22. The van der Waals surface area contributed by atoms with Crippen LogP contribution < -0.4 is 0 Å². The van der Waals surface area contributed by atoms with Crippen molar-refractivity contribution in [2.24, 2.45) is 0 Å². The normalized spacial score (nSPS) is 18.4. The summed E-state index contributed by atoms with van der Waals surface area (Å²) in [6.45, 7) is 1.72. The zero-order valence-electron chi connectivity index (χ0n) is 9.60. The van der Waals surface area contributed by atoms with E-state index in [1.54, 1.807) is 14.0 Å². The van der Waals surface area contributed by atoms with E-state index < -0.39 is 10.0 Å². The van der Waals surface area contributed by atoms with E-state index in [-0.39, 0.29) is 6.04 Å². The Morgan fingerprint density at radius 3 is 2.56 bits per heavy atom. The first-order chi connectivity index (χ1) is 7.53. The Kier molecular flexibility index (Phi) is 3.03. The number of rotatable bonds is 3. The summed E-state index contributed by atoms with van der Waals surface area (Å²) < 4.78 is 26.0. The molecule has 0 radical (unpaired) electrons. The summed E-state index contributed by atoms with van der Waals surface area (Å²) in [4.78, 5) is 0.293. The van der Waals surface area contributed by atoms with Crippen LogP contribution in [0.1, 0.15) is 31.4 Å². The first-order valence-corrected chi connectivity index (χ1v) is 6.95. The summed E-state index contributed by atoms with van der Waals surface area (Å²) in [5.41, 5.74) is 0.602. The highest BCUT2D eigenvalue weighted by molar-refractivity contribution is 7.89. The van der Waals surface area contributed by atoms with E-state index in [4.69, 9.17) is 0 Å². The molecule has 1 N–H and O–H groups in total. The van der Waals surface area contributed by atoms with Crippen molar-refractivity contribution in [2.45, 2.75) is 43.5 Å². The van der Waals surface area contributed by atoms with Gasteiger partial charge in [-0.1, -0.05) is 12.8 Å². The Balaban J connectivity index is 2.28. The van der Waals surface area contributed by atoms with Crippen LogP contribution in [0.15, 0.2) is 11.1 Å². The van der Waals surface area contributed by atoms with Crippen molar-refractivity contribution in [3.8, 4) is 0 Å². The standard InChI is InChI=1S/C10H17N3O2S/c1-8-10(7-11-12-8)16(14,15)13(2)9-5-3-4-6-9/h7,9H,3-6H2,1-2H3,(H,11,12). The van der Waals surface area contributed by atoms with E-state index in [1.807, 2.05) is 0 Å². The highest BCUT2D eigenvalue weighted by atomic mass is 32.2. The predicted molar refractivity (Wildman–Crippen MR) is 60.5 cm³/mol. The Hall–Kier alpha value is -0.880. The smallest absolute Gasteiger partial charge is 0.246 e. The zero-order chi connectivity index (χ0) is 11.8. The van der Waals surface area contributed by atoms with Crippen molar-refractivity contribution >= 4 is 10.0 Å². The van der Waals surface area contributed by atoms with E-state index in [2.05, 4.69) is 10.2 Å². The molecule has 1 aromatic heterocycles. The number of hydrogen-bond acceptors (Lipinski definition) is 3. The molecule has 1 aliphatic carbocycles. The van der Waals surface area contributed by atoms with Crippen molar-refractivity contribution in [3.05, 3.63) is 11.9 Å². The topological polar surface area (TPSA) is 66.1 Å². The maximum Gasteiger partial charge on any atom is 0.246 e. The second-order valence-corrected chi connectivity index (χ2v) is 6.28. The first kappa shape index (κ1) is 11.6. The van der Waals surface area contributed by atoms with Crippen molar-refractivity contribution < 1.29 is 8.42 Å². The molecule has 2 rings (SSSR count). The summed E-state index contributed by atoms with van der Waals surface area (Å²) in [5, 5.41) is 6.43. The van der Waals surface area contributed by atoms with Gasteiger partial charge in [0.25, 0.3) is 0 Å². The molecule has 1 heterocycles. The SMILES string of the molecule is Cc1[nH]ncc1S(=O)(=O)N(C)C1CCCC1. The molecule has 6 heteroatoms. The van der Waals surface area contributed by atoms with E-state index in [9.17, 15) is 8.42 Å². The third kappa shape index (κ3) is 1.87. The lowest BCUT2D eigenvalue weighted by atomic mass is 10.3. The maximum absolute atomic E-state index is 12.3. The lowest BCUT2D eigenvalue weighted by Crippen LogP contribution is -2.35. The monoisotopic (exact) mass is 243 g/mol. The summed E-state index contributed by atoms with van der Waals surface area (Å²) in [6.07, 6.45) is 5.55. The minimum Gasteiger partial charge on any atom is -0.281 e. The van der Waals surface area contributed by atoms with Crippen LogP contribution in [0.4, 0.5) is 0 Å². The predicted octanol–water partition coefficient (Wildman–Crippen LogP) is 1.28. The lowest BCUT2D eigenvalue weighted by molar-refractivity contribution is 0.373. The van der Waals surface area contributed by atoms with Crippen molar-refractivity contribution in [1.82, 2.24) is 14.5 Å². The van der Waals surface area contributed by atoms with Gasteiger partial charge in [-0.05, 0) is 19.8 Å². The Morgan fingerprint density at radius 2 is 2.06 bits per heavy atom. The fraction of sp³-hybridized carbons (Fsp3) is 0.700. The summed E-state index contributed by atoms with van der Waals surface area (Å²) in [6, 6.07) is 0.152. The molecular weight excluding hydrogens is 226 g/mol. The van der Waals surface area contributed by atoms with Crippen LogP contribution in [0.3, 0.4) is 0 Å². The number of aryl methyl sites for hydroxylation is 1. The quantitative estimate of drug-likeness (QED) is 0.869. The van der Waals surface area contributed by atoms with Gasteiger partial charge < -0.3 is 0 Å². The summed E-state index contributed by atoms with van der Waals surface area (Å²) in [7, 11) is -1.71. The van der Waals surface area contributed by atoms with Crippen LogP contribution in [0.2, 0.25) is 0 Å². The molecule has 16 heavy (non-hydrogen) atoms. The first-order valence-electron chi connectivity index (χ1n) is 5.51. The second kappa shape index (κ2) is 4.18. The van der Waals surface area contributed by atoms with Crippen molar-refractivity contribution in [1.29, 1.82) is 0 Å². The van der Waals surface area contributed by atoms with E-state index in [0.29, 0.717) is 10.6 Å². The maximum atomic E-state index is 12.3. The highest BCUT2D eigenvalue weighted by Crippen LogP contribution is 2.27. The van der Waals surface area contributed by atoms with Gasteiger partial charge in [-0.3, -0.25) is 5.10 Å². The second-order valence-electron chi connectivity index (χ2n) is 4.32. The molecule has 0 bridgehead atoms. The van der Waals surface area contributed by atoms with Crippen LogP contribution in [-0.4, -0.2) is 36.0 Å². The number of H-pyrrole nitrogens is 1. The van der Waals surface area contributed by atoms with Gasteiger partial charge in [0.2, 0.25) is 10.0 Å². The van der Waals surface area contributed by atoms with Gasteiger partial charge >= 0.3 is 0 Å². The molecule has 0 saturated heterocycles. The number of nitrogens with zero attached hydrogens (tertiary/aromatic N) is 2. The molecule has 0 atom stereocenters. The van der Waals surface area contributed by atoms with Gasteiger partial charge in [0, 0.05) is 13.1 Å². The van der Waals surface area contributed by atoms with Crippen molar-refractivity contribution in [2.75, 3.05) is 7.05 Å². The summed E-state index contributed by atoms with van der Waals surface area (Å²) >= 11 is 0. The van der Waals surface area contributed by atoms with Crippen LogP contribution >= 0.6 is 0 Å². The van der Waals surface area contributed by atoms with E-state index >= 15 is 0 Å². The average molecular weight is 243 g/mol. The molecule has 0 aromatic carbocycles. The van der Waals surface area contributed by atoms with Gasteiger partial charge in [0.05, 0.1) is 11.9 Å². The molecule has 1 fully saturated rings. The van der Waals surface area contributed by atoms with Crippen LogP contribution in [-0.2, 0) is 10.0 Å².